The number of nitrogens with one attached hydrogen (secondary N) is 2. The summed E-state index contributed by atoms with van der Waals surface area (Å²) in [6.07, 6.45) is 0.986. The van der Waals surface area contributed by atoms with Gasteiger partial charge in [0.15, 0.2) is 5.96 Å². The van der Waals surface area contributed by atoms with Crippen molar-refractivity contribution < 1.29 is 9.59 Å². The zero-order valence-electron chi connectivity index (χ0n) is 17.3. The Morgan fingerprint density at radius 3 is 2.70 bits per heavy atom. The standard InChI is InChI=1S/C21H27N5O2S.HI/c1-22-21(25(2)11-9-18-4-3-13-29-18)24-14-16-5-7-17(8-6-16)20(28)26-12-10-23-19(27)15-26;/h3-8,13H,9-12,14-15H2,1-2H3,(H,22,24)(H,23,27);1H. The molecule has 2 N–H and O–H groups in total. The molecule has 0 atom stereocenters. The van der Waals surface area contributed by atoms with Crippen LogP contribution < -0.4 is 10.6 Å². The largest absolute Gasteiger partial charge is 0.353 e. The predicted octanol–water partition coefficient (Wildman–Crippen LogP) is 2.19. The van der Waals surface area contributed by atoms with Crippen LogP contribution in [-0.4, -0.2) is 67.8 Å². The summed E-state index contributed by atoms with van der Waals surface area (Å²) in [5.74, 6) is 0.615. The highest BCUT2D eigenvalue weighted by Crippen LogP contribution is 2.11. The van der Waals surface area contributed by atoms with E-state index in [2.05, 4.69) is 38.0 Å². The van der Waals surface area contributed by atoms with Crippen molar-refractivity contribution in [1.29, 1.82) is 0 Å². The minimum atomic E-state index is -0.111. The summed E-state index contributed by atoms with van der Waals surface area (Å²) in [5.41, 5.74) is 1.66. The van der Waals surface area contributed by atoms with Gasteiger partial charge < -0.3 is 20.4 Å². The third-order valence-electron chi connectivity index (χ3n) is 4.82. The molecule has 2 aromatic rings. The van der Waals surface area contributed by atoms with E-state index in [1.807, 2.05) is 31.3 Å². The summed E-state index contributed by atoms with van der Waals surface area (Å²) in [7, 11) is 3.81. The first-order valence-electron chi connectivity index (χ1n) is 9.66. The first-order chi connectivity index (χ1) is 14.1. The lowest BCUT2D eigenvalue weighted by atomic mass is 10.1. The topological polar surface area (TPSA) is 77.0 Å². The summed E-state index contributed by atoms with van der Waals surface area (Å²) >= 11 is 1.77. The molecule has 0 saturated carbocycles. The molecule has 0 radical (unpaired) electrons. The van der Waals surface area contributed by atoms with Gasteiger partial charge in [-0.2, -0.15) is 0 Å². The number of amides is 2. The summed E-state index contributed by atoms with van der Waals surface area (Å²) in [4.78, 5) is 33.4. The quantitative estimate of drug-likeness (QED) is 0.334. The van der Waals surface area contributed by atoms with Gasteiger partial charge in [-0.15, -0.1) is 35.3 Å². The van der Waals surface area contributed by atoms with E-state index in [1.54, 1.807) is 23.3 Å². The summed E-state index contributed by atoms with van der Waals surface area (Å²) in [6.45, 7) is 2.68. The van der Waals surface area contributed by atoms with Gasteiger partial charge in [0.25, 0.3) is 5.91 Å². The molecule has 1 aromatic carbocycles. The highest BCUT2D eigenvalue weighted by Gasteiger charge is 2.22. The summed E-state index contributed by atoms with van der Waals surface area (Å²) in [6, 6.07) is 11.7. The molecular formula is C21H28IN5O2S. The molecule has 9 heteroatoms. The average Bonchev–Trinajstić information content (AvgIpc) is 3.26. The van der Waals surface area contributed by atoms with E-state index < -0.39 is 0 Å². The Labute approximate surface area is 198 Å². The lowest BCUT2D eigenvalue weighted by molar-refractivity contribution is -0.123. The van der Waals surface area contributed by atoms with E-state index in [1.165, 1.54) is 4.88 Å². The summed E-state index contributed by atoms with van der Waals surface area (Å²) in [5, 5.41) is 8.19. The molecule has 0 unspecified atom stereocenters. The molecule has 3 rings (SSSR count). The van der Waals surface area contributed by atoms with Gasteiger partial charge in [-0.25, -0.2) is 0 Å². The number of guanidine groups is 1. The zero-order valence-corrected chi connectivity index (χ0v) is 20.4. The van der Waals surface area contributed by atoms with Crippen LogP contribution in [0.2, 0.25) is 0 Å². The Morgan fingerprint density at radius 1 is 1.30 bits per heavy atom. The number of hydrogen-bond acceptors (Lipinski definition) is 4. The number of likely N-dealkylation sites (N-methyl/N-ethyl adjacent to an activating group) is 1. The summed E-state index contributed by atoms with van der Waals surface area (Å²) < 4.78 is 0. The van der Waals surface area contributed by atoms with Crippen LogP contribution in [-0.2, 0) is 17.8 Å². The van der Waals surface area contributed by atoms with Crippen LogP contribution in [0, 0.1) is 0 Å². The number of aliphatic imine (C=N–C) groups is 1. The maximum absolute atomic E-state index is 12.5. The Hall–Kier alpha value is -2.14. The molecule has 1 aromatic heterocycles. The van der Waals surface area contributed by atoms with Crippen molar-refractivity contribution in [3.8, 4) is 0 Å². The van der Waals surface area contributed by atoms with Crippen molar-refractivity contribution in [3.05, 3.63) is 57.8 Å². The maximum Gasteiger partial charge on any atom is 0.254 e. The molecule has 1 aliphatic heterocycles. The molecule has 1 saturated heterocycles. The first kappa shape index (κ1) is 24.1. The van der Waals surface area contributed by atoms with E-state index in [0.29, 0.717) is 25.2 Å². The third-order valence-corrected chi connectivity index (χ3v) is 5.76. The molecule has 0 spiro atoms. The van der Waals surface area contributed by atoms with Gasteiger partial charge in [-0.05, 0) is 35.6 Å². The molecule has 0 bridgehead atoms. The molecule has 162 valence electrons. The van der Waals surface area contributed by atoms with Crippen LogP contribution in [0.4, 0.5) is 0 Å². The molecule has 2 heterocycles. The second kappa shape index (κ2) is 11.9. The second-order valence-electron chi connectivity index (χ2n) is 6.93. The van der Waals surface area contributed by atoms with E-state index in [0.717, 1.165) is 24.5 Å². The van der Waals surface area contributed by atoms with Crippen molar-refractivity contribution in [2.24, 2.45) is 4.99 Å². The molecule has 30 heavy (non-hydrogen) atoms. The van der Waals surface area contributed by atoms with Crippen molar-refractivity contribution in [2.75, 3.05) is 40.3 Å². The minimum absolute atomic E-state index is 0. The van der Waals surface area contributed by atoms with Crippen LogP contribution >= 0.6 is 35.3 Å². The van der Waals surface area contributed by atoms with Gasteiger partial charge >= 0.3 is 0 Å². The van der Waals surface area contributed by atoms with Gasteiger partial charge in [-0.1, -0.05) is 18.2 Å². The van der Waals surface area contributed by atoms with Gasteiger partial charge in [0.1, 0.15) is 0 Å². The van der Waals surface area contributed by atoms with Gasteiger partial charge in [-0.3, -0.25) is 14.6 Å². The van der Waals surface area contributed by atoms with Crippen molar-refractivity contribution in [2.45, 2.75) is 13.0 Å². The SMILES string of the molecule is CN=C(NCc1ccc(C(=O)N2CCNC(=O)C2)cc1)N(C)CCc1cccs1.I. The smallest absolute Gasteiger partial charge is 0.254 e. The number of nitrogens with zero attached hydrogens (tertiary/aromatic N) is 3. The number of rotatable bonds is 6. The number of carbonyl (C=O) groups excluding carboxylic acids is 2. The van der Waals surface area contributed by atoms with E-state index >= 15 is 0 Å². The highest BCUT2D eigenvalue weighted by molar-refractivity contribution is 14.0. The lowest BCUT2D eigenvalue weighted by Crippen LogP contribution is -2.49. The number of hydrogen-bond donors (Lipinski definition) is 2. The van der Waals surface area contributed by atoms with Crippen LogP contribution in [0.25, 0.3) is 0 Å². The third kappa shape index (κ3) is 6.69. The Bertz CT molecular complexity index is 855. The molecule has 0 aliphatic carbocycles. The Balaban J connectivity index is 0.00000320. The molecule has 7 nitrogen and oxygen atoms in total. The fourth-order valence-corrected chi connectivity index (χ4v) is 3.86. The fourth-order valence-electron chi connectivity index (χ4n) is 3.16. The number of piperazine rings is 1. The fraction of sp³-hybridized carbons (Fsp3) is 0.381. The number of carbonyl (C=O) groups is 2. The Morgan fingerprint density at radius 2 is 2.07 bits per heavy atom. The van der Waals surface area contributed by atoms with Gasteiger partial charge in [0, 0.05) is 50.7 Å². The Kier molecular flexibility index (Phi) is 9.57. The van der Waals surface area contributed by atoms with E-state index in [9.17, 15) is 9.59 Å². The monoisotopic (exact) mass is 541 g/mol. The zero-order chi connectivity index (χ0) is 20.6. The van der Waals surface area contributed by atoms with Crippen molar-refractivity contribution in [1.82, 2.24) is 20.4 Å². The number of thiophene rings is 1. The average molecular weight is 541 g/mol. The van der Waals surface area contributed by atoms with Crippen LogP contribution in [0.15, 0.2) is 46.8 Å². The van der Waals surface area contributed by atoms with Gasteiger partial charge in [0.2, 0.25) is 5.91 Å². The second-order valence-corrected chi connectivity index (χ2v) is 7.96. The van der Waals surface area contributed by atoms with Gasteiger partial charge in [0.05, 0.1) is 6.54 Å². The lowest BCUT2D eigenvalue weighted by Gasteiger charge is -2.26. The van der Waals surface area contributed by atoms with Crippen LogP contribution in [0.3, 0.4) is 0 Å². The molecule has 1 fully saturated rings. The number of halogens is 1. The van der Waals surface area contributed by atoms with Crippen LogP contribution in [0.1, 0.15) is 20.8 Å². The first-order valence-corrected chi connectivity index (χ1v) is 10.5. The predicted molar refractivity (Wildman–Crippen MR) is 132 cm³/mol. The highest BCUT2D eigenvalue weighted by atomic mass is 127. The molecular weight excluding hydrogens is 513 g/mol. The maximum atomic E-state index is 12.5. The normalized spacial score (nSPS) is 14.0. The van der Waals surface area contributed by atoms with Crippen molar-refractivity contribution >= 4 is 53.1 Å². The molecule has 2 amide bonds. The van der Waals surface area contributed by atoms with E-state index in [4.69, 9.17) is 0 Å². The van der Waals surface area contributed by atoms with Crippen LogP contribution in [0.5, 0.6) is 0 Å². The van der Waals surface area contributed by atoms with Crippen molar-refractivity contribution in [3.63, 3.8) is 0 Å². The minimum Gasteiger partial charge on any atom is -0.353 e. The number of benzene rings is 1. The molecule has 1 aliphatic rings. The van der Waals surface area contributed by atoms with E-state index in [-0.39, 0.29) is 42.3 Å².